The van der Waals surface area contributed by atoms with E-state index in [-0.39, 0.29) is 11.8 Å². The zero-order valence-corrected chi connectivity index (χ0v) is 16.8. The molecule has 1 N–H and O–H groups in total. The molecule has 1 aliphatic rings. The van der Waals surface area contributed by atoms with E-state index in [9.17, 15) is 14.4 Å². The monoisotopic (exact) mass is 422 g/mol. The van der Waals surface area contributed by atoms with Crippen LogP contribution in [0.25, 0.3) is 17.0 Å². The zero-order valence-electron chi connectivity index (χ0n) is 15.2. The molecule has 1 aliphatic heterocycles. The van der Waals surface area contributed by atoms with Gasteiger partial charge in [-0.25, -0.2) is 4.79 Å². The minimum Gasteiger partial charge on any atom is -0.423 e. The molecule has 1 fully saturated rings. The standard InChI is InChI=1S/C21H14N2O4S2/c1-23-20(26)17(29-21(23)28)10-12-2-4-13(5-3-12)19(25)22-15-7-8-16-14(11-15)6-9-18(24)27-16/h2-11H,1H3,(H,22,25)/b17-10-. The quantitative estimate of drug-likeness (QED) is 0.392. The van der Waals surface area contributed by atoms with Gasteiger partial charge in [-0.1, -0.05) is 36.1 Å². The number of nitrogens with zero attached hydrogens (tertiary/aromatic N) is 1. The number of hydrogen-bond donors (Lipinski definition) is 1. The molecular formula is C21H14N2O4S2. The maximum atomic E-state index is 12.5. The van der Waals surface area contributed by atoms with Crippen molar-refractivity contribution in [3.8, 4) is 0 Å². The predicted molar refractivity (Wildman–Crippen MR) is 118 cm³/mol. The molecule has 2 heterocycles. The van der Waals surface area contributed by atoms with Crippen molar-refractivity contribution < 1.29 is 14.0 Å². The van der Waals surface area contributed by atoms with Crippen LogP contribution in [0.15, 0.2) is 68.7 Å². The van der Waals surface area contributed by atoms with E-state index in [4.69, 9.17) is 16.6 Å². The first-order chi connectivity index (χ1) is 13.9. The third-order valence-corrected chi connectivity index (χ3v) is 5.82. The van der Waals surface area contributed by atoms with E-state index in [1.54, 1.807) is 61.7 Å². The Balaban J connectivity index is 1.50. The molecule has 2 amide bonds. The smallest absolute Gasteiger partial charge is 0.336 e. The van der Waals surface area contributed by atoms with E-state index >= 15 is 0 Å². The van der Waals surface area contributed by atoms with Crippen molar-refractivity contribution in [3.05, 3.63) is 81.0 Å². The second-order valence-corrected chi connectivity index (χ2v) is 8.00. The lowest BCUT2D eigenvalue weighted by Crippen LogP contribution is -2.22. The lowest BCUT2D eigenvalue weighted by molar-refractivity contribution is -0.121. The SMILES string of the molecule is CN1C(=O)/C(=C/c2ccc(C(=O)Nc3ccc4oc(=O)ccc4c3)cc2)SC1=S. The minimum absolute atomic E-state index is 0.131. The van der Waals surface area contributed by atoms with E-state index in [1.807, 2.05) is 0 Å². The maximum absolute atomic E-state index is 12.5. The number of amides is 2. The van der Waals surface area contributed by atoms with Gasteiger partial charge in [-0.3, -0.25) is 14.5 Å². The fourth-order valence-corrected chi connectivity index (χ4v) is 3.96. The van der Waals surface area contributed by atoms with E-state index in [0.29, 0.717) is 31.4 Å². The van der Waals surface area contributed by atoms with Gasteiger partial charge in [0.2, 0.25) is 0 Å². The van der Waals surface area contributed by atoms with Gasteiger partial charge >= 0.3 is 5.63 Å². The molecule has 1 aromatic heterocycles. The van der Waals surface area contributed by atoms with Gasteiger partial charge in [0.05, 0.1) is 4.91 Å². The average molecular weight is 422 g/mol. The second-order valence-electron chi connectivity index (χ2n) is 6.32. The molecular weight excluding hydrogens is 408 g/mol. The Bertz CT molecular complexity index is 1250. The molecule has 8 heteroatoms. The van der Waals surface area contributed by atoms with Crippen molar-refractivity contribution in [2.45, 2.75) is 0 Å². The zero-order chi connectivity index (χ0) is 20.5. The summed E-state index contributed by atoms with van der Waals surface area (Å²) in [6, 6.07) is 14.9. The van der Waals surface area contributed by atoms with Crippen molar-refractivity contribution in [2.24, 2.45) is 0 Å². The van der Waals surface area contributed by atoms with Crippen molar-refractivity contribution in [1.82, 2.24) is 4.90 Å². The first-order valence-electron chi connectivity index (χ1n) is 8.57. The molecule has 6 nitrogen and oxygen atoms in total. The molecule has 4 rings (SSSR count). The Hall–Kier alpha value is -3.23. The molecule has 1 saturated heterocycles. The fourth-order valence-electron chi connectivity index (χ4n) is 2.78. The predicted octanol–water partition coefficient (Wildman–Crippen LogP) is 3.88. The number of rotatable bonds is 3. The van der Waals surface area contributed by atoms with Crippen molar-refractivity contribution >= 4 is 62.8 Å². The van der Waals surface area contributed by atoms with Gasteiger partial charge in [-0.2, -0.15) is 0 Å². The number of hydrogen-bond acceptors (Lipinski definition) is 6. The summed E-state index contributed by atoms with van der Waals surface area (Å²) in [5.74, 6) is -0.401. The Morgan fingerprint density at radius 3 is 2.55 bits per heavy atom. The van der Waals surface area contributed by atoms with Crippen LogP contribution >= 0.6 is 24.0 Å². The van der Waals surface area contributed by atoms with Crippen LogP contribution in [-0.2, 0) is 4.79 Å². The topological polar surface area (TPSA) is 79.6 Å². The van der Waals surface area contributed by atoms with E-state index in [1.165, 1.54) is 22.7 Å². The molecule has 0 radical (unpaired) electrons. The van der Waals surface area contributed by atoms with Crippen molar-refractivity contribution in [1.29, 1.82) is 0 Å². The molecule has 0 atom stereocenters. The van der Waals surface area contributed by atoms with Gasteiger partial charge in [0.1, 0.15) is 9.90 Å². The normalized spacial score (nSPS) is 15.3. The van der Waals surface area contributed by atoms with Crippen LogP contribution in [0.1, 0.15) is 15.9 Å². The van der Waals surface area contributed by atoms with Crippen molar-refractivity contribution in [2.75, 3.05) is 12.4 Å². The van der Waals surface area contributed by atoms with Crippen LogP contribution in [0.2, 0.25) is 0 Å². The van der Waals surface area contributed by atoms with Crippen molar-refractivity contribution in [3.63, 3.8) is 0 Å². The second kappa shape index (κ2) is 7.65. The molecule has 0 bridgehead atoms. The average Bonchev–Trinajstić information content (AvgIpc) is 2.95. The Labute approximate surface area is 175 Å². The summed E-state index contributed by atoms with van der Waals surface area (Å²) in [6.07, 6.45) is 1.75. The summed E-state index contributed by atoms with van der Waals surface area (Å²) in [7, 11) is 1.65. The lowest BCUT2D eigenvalue weighted by atomic mass is 10.1. The van der Waals surface area contributed by atoms with E-state index in [2.05, 4.69) is 5.32 Å². The number of thiocarbonyl (C=S) groups is 1. The maximum Gasteiger partial charge on any atom is 0.336 e. The van der Waals surface area contributed by atoms with Crippen LogP contribution in [-0.4, -0.2) is 28.1 Å². The van der Waals surface area contributed by atoms with Crippen LogP contribution in [0.4, 0.5) is 5.69 Å². The highest BCUT2D eigenvalue weighted by atomic mass is 32.2. The number of fused-ring (bicyclic) bond motifs is 1. The third-order valence-electron chi connectivity index (χ3n) is 4.33. The highest BCUT2D eigenvalue weighted by Gasteiger charge is 2.28. The summed E-state index contributed by atoms with van der Waals surface area (Å²) in [5, 5.41) is 3.53. The number of carbonyl (C=O) groups is 2. The summed E-state index contributed by atoms with van der Waals surface area (Å²) >= 11 is 6.37. The van der Waals surface area contributed by atoms with Gasteiger partial charge in [-0.15, -0.1) is 0 Å². The van der Waals surface area contributed by atoms with E-state index in [0.717, 1.165) is 5.56 Å². The van der Waals surface area contributed by atoms with Crippen LogP contribution in [0, 0.1) is 0 Å². The largest absolute Gasteiger partial charge is 0.423 e. The van der Waals surface area contributed by atoms with E-state index < -0.39 is 5.63 Å². The van der Waals surface area contributed by atoms with Crippen LogP contribution in [0.5, 0.6) is 0 Å². The van der Waals surface area contributed by atoms with Gasteiger partial charge in [0, 0.05) is 29.8 Å². The first-order valence-corrected chi connectivity index (χ1v) is 9.80. The highest BCUT2D eigenvalue weighted by molar-refractivity contribution is 8.26. The third kappa shape index (κ3) is 3.98. The molecule has 3 aromatic rings. The number of anilines is 1. The molecule has 0 aliphatic carbocycles. The molecule has 0 spiro atoms. The molecule has 144 valence electrons. The summed E-state index contributed by atoms with van der Waals surface area (Å²) in [5.41, 5.74) is 1.90. The molecule has 29 heavy (non-hydrogen) atoms. The van der Waals surface area contributed by atoms with Crippen LogP contribution in [0.3, 0.4) is 0 Å². The van der Waals surface area contributed by atoms with Gasteiger partial charge in [0.15, 0.2) is 0 Å². The molecule has 0 saturated carbocycles. The molecule has 2 aromatic carbocycles. The van der Waals surface area contributed by atoms with Crippen LogP contribution < -0.4 is 10.9 Å². The van der Waals surface area contributed by atoms with Gasteiger partial charge < -0.3 is 9.73 Å². The number of thioether (sulfide) groups is 1. The summed E-state index contributed by atoms with van der Waals surface area (Å²) < 4.78 is 5.60. The Morgan fingerprint density at radius 1 is 1.10 bits per heavy atom. The van der Waals surface area contributed by atoms with Gasteiger partial charge in [-0.05, 0) is 48.0 Å². The number of benzene rings is 2. The Morgan fingerprint density at radius 2 is 1.86 bits per heavy atom. The minimum atomic E-state index is -0.421. The van der Waals surface area contributed by atoms with Gasteiger partial charge in [0.25, 0.3) is 11.8 Å². The summed E-state index contributed by atoms with van der Waals surface area (Å²) in [6.45, 7) is 0. The Kier molecular flexibility index (Phi) is 5.04. The highest BCUT2D eigenvalue weighted by Crippen LogP contribution is 2.31. The number of nitrogens with one attached hydrogen (secondary N) is 1. The number of carbonyl (C=O) groups excluding carboxylic acids is 2. The first kappa shape index (κ1) is 19.1. The lowest BCUT2D eigenvalue weighted by Gasteiger charge is -2.07. The number of likely N-dealkylation sites (N-methyl/N-ethyl adjacent to an activating group) is 1. The summed E-state index contributed by atoms with van der Waals surface area (Å²) in [4.78, 5) is 37.8. The molecule has 0 unspecified atom stereocenters. The fraction of sp³-hybridized carbons (Fsp3) is 0.0476.